The quantitative estimate of drug-likeness (QED) is 0.368. The Morgan fingerprint density at radius 1 is 1.24 bits per heavy atom. The number of hydrogen-bond acceptors (Lipinski definition) is 3. The van der Waals surface area contributed by atoms with Gasteiger partial charge in [-0.3, -0.25) is 16.2 Å². The van der Waals surface area contributed by atoms with Crippen LogP contribution in [0, 0.1) is 12.3 Å². The van der Waals surface area contributed by atoms with Crippen LogP contribution < -0.4 is 11.3 Å². The van der Waals surface area contributed by atoms with Crippen molar-refractivity contribution in [2.75, 3.05) is 13.1 Å². The number of rotatable bonds is 9. The van der Waals surface area contributed by atoms with Gasteiger partial charge in [0.05, 0.1) is 0 Å². The summed E-state index contributed by atoms with van der Waals surface area (Å²) in [5.74, 6) is 8.47. The molecule has 0 spiro atoms. The lowest BCUT2D eigenvalue weighted by atomic mass is 9.80. The minimum absolute atomic E-state index is 0.120. The molecule has 0 aliphatic carbocycles. The molecule has 0 aromatic rings. The highest BCUT2D eigenvalue weighted by molar-refractivity contribution is 4.99. The first-order chi connectivity index (χ1) is 8.16. The topological polar surface area (TPSA) is 41.3 Å². The molecular formula is C14H29N3. The zero-order valence-corrected chi connectivity index (χ0v) is 11.9. The summed E-state index contributed by atoms with van der Waals surface area (Å²) in [6, 6.07) is 0.258. The highest BCUT2D eigenvalue weighted by Gasteiger charge is 2.38. The van der Waals surface area contributed by atoms with Crippen LogP contribution in [0.3, 0.4) is 0 Å². The molecule has 0 aromatic carbocycles. The lowest BCUT2D eigenvalue weighted by Crippen LogP contribution is -2.62. The van der Waals surface area contributed by atoms with E-state index in [1.54, 1.807) is 0 Å². The summed E-state index contributed by atoms with van der Waals surface area (Å²) in [4.78, 5) is 2.51. The predicted octanol–water partition coefficient (Wildman–Crippen LogP) is 2.13. The first kappa shape index (κ1) is 16.4. The highest BCUT2D eigenvalue weighted by atomic mass is 15.3. The van der Waals surface area contributed by atoms with Gasteiger partial charge in [0.15, 0.2) is 0 Å². The fourth-order valence-corrected chi connectivity index (χ4v) is 3.00. The molecule has 0 amide bonds. The number of hydrazine groups is 1. The van der Waals surface area contributed by atoms with Gasteiger partial charge in [-0.25, -0.2) is 0 Å². The number of likely N-dealkylation sites (N-methyl/N-ethyl adjacent to an activating group) is 1. The van der Waals surface area contributed by atoms with E-state index in [0.717, 1.165) is 38.8 Å². The molecule has 0 aromatic heterocycles. The molecule has 3 nitrogen and oxygen atoms in total. The SMILES string of the molecule is C#CCCC(NN)C(CC)(CC)N(CC)CC. The van der Waals surface area contributed by atoms with Gasteiger partial charge in [0.25, 0.3) is 0 Å². The summed E-state index contributed by atoms with van der Waals surface area (Å²) < 4.78 is 0. The normalized spacial score (nSPS) is 13.7. The Balaban J connectivity index is 5.05. The number of hydrogen-bond donors (Lipinski definition) is 2. The van der Waals surface area contributed by atoms with Gasteiger partial charge < -0.3 is 0 Å². The van der Waals surface area contributed by atoms with Crippen LogP contribution in [0.2, 0.25) is 0 Å². The molecule has 3 N–H and O–H groups in total. The van der Waals surface area contributed by atoms with E-state index in [4.69, 9.17) is 12.3 Å². The van der Waals surface area contributed by atoms with Gasteiger partial charge in [-0.15, -0.1) is 12.3 Å². The average Bonchev–Trinajstić information content (AvgIpc) is 2.38. The zero-order valence-electron chi connectivity index (χ0n) is 11.9. The first-order valence-corrected chi connectivity index (χ1v) is 6.81. The average molecular weight is 239 g/mol. The lowest BCUT2D eigenvalue weighted by molar-refractivity contribution is 0.0466. The summed E-state index contributed by atoms with van der Waals surface area (Å²) in [5, 5.41) is 0. The van der Waals surface area contributed by atoms with Crippen molar-refractivity contribution in [1.29, 1.82) is 0 Å². The van der Waals surface area contributed by atoms with Crippen LogP contribution >= 0.6 is 0 Å². The minimum atomic E-state index is 0.120. The molecule has 0 fully saturated rings. The van der Waals surface area contributed by atoms with Crippen LogP contribution in [0.4, 0.5) is 0 Å². The van der Waals surface area contributed by atoms with Gasteiger partial charge in [0, 0.05) is 18.0 Å². The van der Waals surface area contributed by atoms with Crippen LogP contribution in [-0.2, 0) is 0 Å². The van der Waals surface area contributed by atoms with Gasteiger partial charge in [-0.05, 0) is 32.4 Å². The number of nitrogens with two attached hydrogens (primary N) is 1. The standard InChI is InChI=1S/C14H29N3/c1-6-11-12-13(16-15)14(7-2,8-3)17(9-4)10-5/h1,13,16H,7-12,15H2,2-5H3. The summed E-state index contributed by atoms with van der Waals surface area (Å²) in [6.45, 7) is 11.0. The second-order valence-electron chi connectivity index (χ2n) is 4.45. The molecule has 1 unspecified atom stereocenters. The Morgan fingerprint density at radius 2 is 1.76 bits per heavy atom. The molecule has 0 aliphatic rings. The van der Waals surface area contributed by atoms with Crippen LogP contribution in [0.25, 0.3) is 0 Å². The third-order valence-corrected chi connectivity index (χ3v) is 4.04. The second kappa shape index (κ2) is 8.52. The molecule has 0 rings (SSSR count). The number of nitrogens with zero attached hydrogens (tertiary/aromatic N) is 1. The highest BCUT2D eigenvalue weighted by Crippen LogP contribution is 2.29. The van der Waals surface area contributed by atoms with Gasteiger partial charge in [0.2, 0.25) is 0 Å². The van der Waals surface area contributed by atoms with Gasteiger partial charge in [0.1, 0.15) is 0 Å². The molecule has 0 radical (unpaired) electrons. The Labute approximate surface area is 107 Å². The molecule has 17 heavy (non-hydrogen) atoms. The molecule has 0 saturated carbocycles. The van der Waals surface area contributed by atoms with E-state index in [1.165, 1.54) is 0 Å². The maximum absolute atomic E-state index is 5.75. The van der Waals surface area contributed by atoms with Crippen LogP contribution in [-0.4, -0.2) is 29.6 Å². The second-order valence-corrected chi connectivity index (χ2v) is 4.45. The number of terminal acetylenes is 1. The van der Waals surface area contributed by atoms with Crippen LogP contribution in [0.5, 0.6) is 0 Å². The van der Waals surface area contributed by atoms with Crippen molar-refractivity contribution in [2.24, 2.45) is 5.84 Å². The summed E-state index contributed by atoms with van der Waals surface area (Å²) >= 11 is 0. The maximum Gasteiger partial charge on any atom is 0.0403 e. The van der Waals surface area contributed by atoms with Crippen molar-refractivity contribution in [1.82, 2.24) is 10.3 Å². The smallest absolute Gasteiger partial charge is 0.0403 e. The van der Waals surface area contributed by atoms with Gasteiger partial charge in [-0.2, -0.15) is 0 Å². The van der Waals surface area contributed by atoms with Gasteiger partial charge in [-0.1, -0.05) is 27.7 Å². The summed E-state index contributed by atoms with van der Waals surface area (Å²) in [7, 11) is 0. The van der Waals surface area contributed by atoms with Gasteiger partial charge >= 0.3 is 0 Å². The first-order valence-electron chi connectivity index (χ1n) is 6.81. The molecular weight excluding hydrogens is 210 g/mol. The summed E-state index contributed by atoms with van der Waals surface area (Å²) in [6.07, 6.45) is 9.25. The molecule has 0 aliphatic heterocycles. The van der Waals surface area contributed by atoms with E-state index in [-0.39, 0.29) is 11.6 Å². The van der Waals surface area contributed by atoms with E-state index in [0.29, 0.717) is 0 Å². The maximum atomic E-state index is 5.75. The fourth-order valence-electron chi connectivity index (χ4n) is 3.00. The van der Waals surface area contributed by atoms with E-state index >= 15 is 0 Å². The van der Waals surface area contributed by atoms with Crippen molar-refractivity contribution in [3.05, 3.63) is 0 Å². The molecule has 100 valence electrons. The molecule has 0 saturated heterocycles. The minimum Gasteiger partial charge on any atom is -0.297 e. The zero-order chi connectivity index (χ0) is 13.3. The third kappa shape index (κ3) is 3.70. The van der Waals surface area contributed by atoms with Crippen molar-refractivity contribution in [3.8, 4) is 12.3 Å². The molecule has 3 heteroatoms. The monoisotopic (exact) mass is 239 g/mol. The molecule has 0 heterocycles. The van der Waals surface area contributed by atoms with Crippen molar-refractivity contribution < 1.29 is 0 Å². The van der Waals surface area contributed by atoms with Crippen LogP contribution in [0.15, 0.2) is 0 Å². The van der Waals surface area contributed by atoms with Crippen molar-refractivity contribution >= 4 is 0 Å². The third-order valence-electron chi connectivity index (χ3n) is 4.04. The number of nitrogens with one attached hydrogen (secondary N) is 1. The van der Waals surface area contributed by atoms with E-state index in [9.17, 15) is 0 Å². The van der Waals surface area contributed by atoms with E-state index in [1.807, 2.05) is 0 Å². The van der Waals surface area contributed by atoms with Crippen molar-refractivity contribution in [2.45, 2.75) is 65.0 Å². The van der Waals surface area contributed by atoms with E-state index in [2.05, 4.69) is 43.9 Å². The Bertz CT molecular complexity index is 224. The Kier molecular flexibility index (Phi) is 8.24. The molecule has 1 atom stereocenters. The predicted molar refractivity (Wildman–Crippen MR) is 75.4 cm³/mol. The van der Waals surface area contributed by atoms with E-state index < -0.39 is 0 Å². The largest absolute Gasteiger partial charge is 0.297 e. The lowest BCUT2D eigenvalue weighted by Gasteiger charge is -2.47. The Morgan fingerprint density at radius 3 is 2.06 bits per heavy atom. The Hall–Kier alpha value is -0.560. The fraction of sp³-hybridized carbons (Fsp3) is 0.857. The summed E-state index contributed by atoms with van der Waals surface area (Å²) in [5.41, 5.74) is 3.11. The van der Waals surface area contributed by atoms with Crippen molar-refractivity contribution in [3.63, 3.8) is 0 Å². The molecule has 0 bridgehead atoms. The van der Waals surface area contributed by atoms with Crippen LogP contribution in [0.1, 0.15) is 53.4 Å².